The van der Waals surface area contributed by atoms with E-state index >= 15 is 0 Å². The molecule has 1 fully saturated rings. The summed E-state index contributed by atoms with van der Waals surface area (Å²) in [6, 6.07) is 5.00. The van der Waals surface area contributed by atoms with E-state index in [1.165, 1.54) is 19.2 Å². The molecule has 2 aromatic heterocycles. The van der Waals surface area contributed by atoms with Crippen LogP contribution in [0.3, 0.4) is 0 Å². The van der Waals surface area contributed by atoms with E-state index in [2.05, 4.69) is 37.4 Å². The average molecular weight is 458 g/mol. The summed E-state index contributed by atoms with van der Waals surface area (Å²) in [5.41, 5.74) is -1.55. The van der Waals surface area contributed by atoms with Gasteiger partial charge in [-0.15, -0.1) is 0 Å². The minimum absolute atomic E-state index is 0.239. The highest BCUT2D eigenvalue weighted by Gasteiger charge is 2.22. The van der Waals surface area contributed by atoms with Crippen molar-refractivity contribution in [3.05, 3.63) is 56.8 Å². The van der Waals surface area contributed by atoms with Gasteiger partial charge in [-0.2, -0.15) is 14.8 Å². The zero-order chi connectivity index (χ0) is 23.5. The lowest BCUT2D eigenvalue weighted by Gasteiger charge is -2.32. The van der Waals surface area contributed by atoms with E-state index < -0.39 is 23.0 Å². The fourth-order valence-corrected chi connectivity index (χ4v) is 3.35. The molecule has 12 nitrogen and oxygen atoms in total. The average Bonchev–Trinajstić information content (AvgIpc) is 3.30. The third-order valence-corrected chi connectivity index (χ3v) is 5.39. The Kier molecular flexibility index (Phi) is 6.42. The topological polar surface area (TPSA) is 131 Å². The van der Waals surface area contributed by atoms with Gasteiger partial charge in [-0.05, 0) is 31.3 Å². The summed E-state index contributed by atoms with van der Waals surface area (Å²) >= 11 is 0. The summed E-state index contributed by atoms with van der Waals surface area (Å²) in [5, 5.41) is 10.4. The summed E-state index contributed by atoms with van der Waals surface area (Å²) in [6.07, 6.45) is 0. The smallest absolute Gasteiger partial charge is 0.347 e. The molecule has 1 aromatic carbocycles. The number of benzene rings is 1. The molecule has 1 aliphatic heterocycles. The molecule has 0 bridgehead atoms. The van der Waals surface area contributed by atoms with Crippen LogP contribution < -0.4 is 16.6 Å². The second kappa shape index (κ2) is 9.42. The lowest BCUT2D eigenvalue weighted by Crippen LogP contribution is -2.46. The van der Waals surface area contributed by atoms with Gasteiger partial charge in [0.1, 0.15) is 5.82 Å². The first-order chi connectivity index (χ1) is 15.8. The van der Waals surface area contributed by atoms with Gasteiger partial charge in [-0.1, -0.05) is 5.16 Å². The van der Waals surface area contributed by atoms with E-state index in [1.807, 2.05) is 0 Å². The Morgan fingerprint density at radius 1 is 1.12 bits per heavy atom. The minimum Gasteiger partial charge on any atom is -0.347 e. The molecule has 3 aromatic rings. The molecule has 1 amide bonds. The number of aromatic nitrogens is 5. The largest absolute Gasteiger partial charge is 0.351 e. The van der Waals surface area contributed by atoms with Gasteiger partial charge in [0.05, 0.1) is 5.69 Å². The molecule has 0 atom stereocenters. The Balaban J connectivity index is 1.50. The van der Waals surface area contributed by atoms with E-state index in [1.54, 1.807) is 0 Å². The first kappa shape index (κ1) is 22.5. The van der Waals surface area contributed by atoms with Gasteiger partial charge in [-0.25, -0.2) is 9.18 Å². The number of carbonyl (C=O) groups is 1. The number of nitrogens with zero attached hydrogens (tertiary/aromatic N) is 7. The number of hydrogen-bond donors (Lipinski definition) is 1. The number of piperazine rings is 1. The Labute approximate surface area is 187 Å². The molecule has 1 aliphatic rings. The molecule has 1 saturated heterocycles. The molecule has 0 unspecified atom stereocenters. The predicted octanol–water partition coefficient (Wildman–Crippen LogP) is -0.902. The van der Waals surface area contributed by atoms with Crippen molar-refractivity contribution in [2.45, 2.75) is 0 Å². The molecule has 0 spiro atoms. The summed E-state index contributed by atoms with van der Waals surface area (Å²) < 4.78 is 20.0. The number of hydrogen-bond acceptors (Lipinski definition) is 9. The number of amides is 1. The second-order valence-corrected chi connectivity index (χ2v) is 7.71. The molecule has 0 aliphatic carbocycles. The number of nitrogens with one attached hydrogen (secondary N) is 1. The molecule has 3 heterocycles. The lowest BCUT2D eigenvalue weighted by molar-refractivity contribution is 0.0897. The van der Waals surface area contributed by atoms with Crippen molar-refractivity contribution >= 4 is 5.91 Å². The second-order valence-electron chi connectivity index (χ2n) is 7.71. The molecule has 0 radical (unpaired) electrons. The van der Waals surface area contributed by atoms with Crippen LogP contribution in [0.4, 0.5) is 4.39 Å². The van der Waals surface area contributed by atoms with E-state index in [0.717, 1.165) is 47.6 Å². The summed E-state index contributed by atoms with van der Waals surface area (Å²) in [7, 11) is 3.34. The summed E-state index contributed by atoms with van der Waals surface area (Å²) in [5.74, 6) is -1.63. The molecule has 174 valence electrons. The van der Waals surface area contributed by atoms with Crippen molar-refractivity contribution < 1.29 is 13.7 Å². The van der Waals surface area contributed by atoms with Crippen LogP contribution in [0.1, 0.15) is 10.7 Å². The first-order valence-electron chi connectivity index (χ1n) is 10.3. The van der Waals surface area contributed by atoms with Gasteiger partial charge in [0.15, 0.2) is 5.69 Å². The van der Waals surface area contributed by atoms with Gasteiger partial charge in [0.2, 0.25) is 5.82 Å². The van der Waals surface area contributed by atoms with Crippen LogP contribution >= 0.6 is 0 Å². The molecule has 4 rings (SSSR count). The van der Waals surface area contributed by atoms with Crippen molar-refractivity contribution in [1.29, 1.82) is 0 Å². The molecule has 13 heteroatoms. The molecule has 0 saturated carbocycles. The van der Waals surface area contributed by atoms with Gasteiger partial charge >= 0.3 is 17.5 Å². The van der Waals surface area contributed by atoms with E-state index in [0.29, 0.717) is 13.1 Å². The zero-order valence-corrected chi connectivity index (χ0v) is 18.2. The highest BCUT2D eigenvalue weighted by molar-refractivity contribution is 5.89. The van der Waals surface area contributed by atoms with Gasteiger partial charge in [-0.3, -0.25) is 19.1 Å². The van der Waals surface area contributed by atoms with Gasteiger partial charge in [0.25, 0.3) is 5.56 Å². The summed E-state index contributed by atoms with van der Waals surface area (Å²) in [4.78, 5) is 45.9. The van der Waals surface area contributed by atoms with E-state index in [9.17, 15) is 18.8 Å². The van der Waals surface area contributed by atoms with Crippen molar-refractivity contribution in [2.24, 2.45) is 7.05 Å². The van der Waals surface area contributed by atoms with Crippen LogP contribution in [0.15, 0.2) is 38.4 Å². The molecule has 33 heavy (non-hydrogen) atoms. The zero-order valence-electron chi connectivity index (χ0n) is 18.2. The SMILES string of the molecule is CN1CCN(CCNC(=O)c2nc(-c3nn(-c4ccc(F)cc4)c(=O)n(C)c3=O)no2)CC1. The van der Waals surface area contributed by atoms with Crippen LogP contribution in [-0.4, -0.2) is 86.5 Å². The maximum absolute atomic E-state index is 13.2. The molecular formula is C20H23FN8O4. The van der Waals surface area contributed by atoms with Crippen molar-refractivity contribution in [3.63, 3.8) is 0 Å². The number of rotatable bonds is 6. The highest BCUT2D eigenvalue weighted by atomic mass is 19.1. The Morgan fingerprint density at radius 2 is 1.82 bits per heavy atom. The first-order valence-corrected chi connectivity index (χ1v) is 10.3. The Morgan fingerprint density at radius 3 is 2.52 bits per heavy atom. The quantitative estimate of drug-likeness (QED) is 0.499. The van der Waals surface area contributed by atoms with Crippen LogP contribution in [0.5, 0.6) is 0 Å². The molecular weight excluding hydrogens is 435 g/mol. The number of likely N-dealkylation sites (N-methyl/N-ethyl adjacent to an activating group) is 1. The summed E-state index contributed by atoms with van der Waals surface area (Å²) in [6.45, 7) is 4.89. The Bertz CT molecular complexity index is 1260. The number of carbonyl (C=O) groups excluding carboxylic acids is 1. The number of halogens is 1. The monoisotopic (exact) mass is 458 g/mol. The maximum Gasteiger partial charge on any atom is 0.351 e. The third kappa shape index (κ3) is 4.88. The maximum atomic E-state index is 13.2. The normalized spacial score (nSPS) is 15.0. The fourth-order valence-electron chi connectivity index (χ4n) is 3.35. The fraction of sp³-hybridized carbons (Fsp3) is 0.400. The predicted molar refractivity (Wildman–Crippen MR) is 115 cm³/mol. The lowest BCUT2D eigenvalue weighted by atomic mass is 10.3. The van der Waals surface area contributed by atoms with Crippen molar-refractivity contribution in [2.75, 3.05) is 46.3 Å². The van der Waals surface area contributed by atoms with Crippen LogP contribution in [-0.2, 0) is 7.05 Å². The Hall–Kier alpha value is -3.71. The highest BCUT2D eigenvalue weighted by Crippen LogP contribution is 2.10. The van der Waals surface area contributed by atoms with Crippen molar-refractivity contribution in [3.8, 4) is 17.2 Å². The van der Waals surface area contributed by atoms with Crippen LogP contribution in [0.25, 0.3) is 17.2 Å². The molecule has 1 N–H and O–H groups in total. The van der Waals surface area contributed by atoms with Gasteiger partial charge in [0, 0.05) is 46.3 Å². The van der Waals surface area contributed by atoms with Crippen molar-refractivity contribution in [1.82, 2.24) is 39.6 Å². The van der Waals surface area contributed by atoms with Gasteiger partial charge < -0.3 is 14.7 Å². The van der Waals surface area contributed by atoms with Crippen LogP contribution in [0.2, 0.25) is 0 Å². The van der Waals surface area contributed by atoms with E-state index in [-0.39, 0.29) is 23.1 Å². The standard InChI is InChI=1S/C20H23FN8O4/c1-26-9-11-28(12-10-26)8-7-22-17(30)18-23-16(25-33-18)15-19(31)27(2)20(32)29(24-15)14-5-3-13(21)4-6-14/h3-6H,7-12H2,1-2H3,(H,22,30). The minimum atomic E-state index is -0.763. The van der Waals surface area contributed by atoms with Crippen LogP contribution in [0, 0.1) is 5.82 Å². The van der Waals surface area contributed by atoms with E-state index in [4.69, 9.17) is 4.52 Å². The third-order valence-electron chi connectivity index (χ3n) is 5.39.